The first-order valence-electron chi connectivity index (χ1n) is 10.3. The maximum Gasteiger partial charge on any atom is 0.257 e. The van der Waals surface area contributed by atoms with Crippen molar-refractivity contribution in [2.24, 2.45) is 0 Å². The van der Waals surface area contributed by atoms with E-state index in [9.17, 15) is 4.79 Å². The first-order valence-corrected chi connectivity index (χ1v) is 11.9. The van der Waals surface area contributed by atoms with Crippen LogP contribution >= 0.6 is 47.0 Å². The molecule has 0 bridgehead atoms. The van der Waals surface area contributed by atoms with Crippen LogP contribution in [-0.4, -0.2) is 30.2 Å². The number of rotatable bonds is 6. The Labute approximate surface area is 227 Å². The molecule has 0 fully saturated rings. The van der Waals surface area contributed by atoms with Crippen molar-refractivity contribution in [2.75, 3.05) is 19.5 Å². The topological polar surface area (TPSA) is 81.7 Å². The maximum absolute atomic E-state index is 12.4. The Balaban J connectivity index is 1.49. The zero-order valence-corrected chi connectivity index (χ0v) is 22.0. The van der Waals surface area contributed by atoms with E-state index in [0.717, 1.165) is 5.39 Å². The molecule has 0 radical (unpaired) electrons. The van der Waals surface area contributed by atoms with Crippen molar-refractivity contribution >= 4 is 74.6 Å². The molecule has 0 saturated heterocycles. The standard InChI is InChI=1S/C25H18Cl3N3O4S/c1-33-22-11-17-19(12-23(22)34-2)29-6-5-20(17)35-21-4-3-16(10-18(21)28)30-25(36)31-24(32)13-7-14(26)9-15(27)8-13/h3-12H,1-2H3,(H2,30,31,32,36). The fraction of sp³-hybridized carbons (Fsp3) is 0.0800. The summed E-state index contributed by atoms with van der Waals surface area (Å²) in [6.45, 7) is 0. The molecule has 0 spiro atoms. The molecule has 11 heteroatoms. The monoisotopic (exact) mass is 561 g/mol. The van der Waals surface area contributed by atoms with Crippen LogP contribution in [0.15, 0.2) is 60.8 Å². The third-order valence-electron chi connectivity index (χ3n) is 4.97. The maximum atomic E-state index is 12.4. The van der Waals surface area contributed by atoms with Crippen LogP contribution in [0.3, 0.4) is 0 Å². The van der Waals surface area contributed by atoms with E-state index in [1.807, 2.05) is 0 Å². The van der Waals surface area contributed by atoms with Gasteiger partial charge in [0.25, 0.3) is 5.91 Å². The summed E-state index contributed by atoms with van der Waals surface area (Å²) in [7, 11) is 3.11. The number of hydrogen-bond acceptors (Lipinski definition) is 6. The summed E-state index contributed by atoms with van der Waals surface area (Å²) in [5.74, 6) is 1.59. The van der Waals surface area contributed by atoms with Gasteiger partial charge in [0.2, 0.25) is 0 Å². The van der Waals surface area contributed by atoms with Gasteiger partial charge in [-0.3, -0.25) is 15.1 Å². The van der Waals surface area contributed by atoms with Crippen molar-refractivity contribution < 1.29 is 19.0 Å². The lowest BCUT2D eigenvalue weighted by Gasteiger charge is -2.14. The number of benzene rings is 3. The van der Waals surface area contributed by atoms with E-state index < -0.39 is 5.91 Å². The molecule has 1 aromatic heterocycles. The van der Waals surface area contributed by atoms with Gasteiger partial charge in [0.1, 0.15) is 11.5 Å². The molecular weight excluding hydrogens is 545 g/mol. The van der Waals surface area contributed by atoms with E-state index in [1.54, 1.807) is 56.8 Å². The average molecular weight is 563 g/mol. The Bertz CT molecular complexity index is 1460. The van der Waals surface area contributed by atoms with Crippen molar-refractivity contribution in [2.45, 2.75) is 0 Å². The van der Waals surface area contributed by atoms with Crippen LogP contribution in [0.25, 0.3) is 10.9 Å². The summed E-state index contributed by atoms with van der Waals surface area (Å²) < 4.78 is 16.8. The van der Waals surface area contributed by atoms with Crippen LogP contribution in [0, 0.1) is 0 Å². The number of anilines is 1. The second-order valence-corrected chi connectivity index (χ2v) is 9.04. The molecule has 0 aliphatic carbocycles. The minimum atomic E-state index is -0.459. The summed E-state index contributed by atoms with van der Waals surface area (Å²) in [4.78, 5) is 16.8. The Hall–Kier alpha value is -3.30. The van der Waals surface area contributed by atoms with Crippen molar-refractivity contribution in [1.82, 2.24) is 10.3 Å². The zero-order chi connectivity index (χ0) is 25.8. The number of nitrogens with zero attached hydrogens (tertiary/aromatic N) is 1. The van der Waals surface area contributed by atoms with Crippen molar-refractivity contribution in [3.05, 3.63) is 81.4 Å². The highest BCUT2D eigenvalue weighted by Gasteiger charge is 2.14. The van der Waals surface area contributed by atoms with Gasteiger partial charge in [-0.05, 0) is 60.7 Å². The molecule has 4 rings (SSSR count). The van der Waals surface area contributed by atoms with E-state index >= 15 is 0 Å². The van der Waals surface area contributed by atoms with Crippen molar-refractivity contribution in [1.29, 1.82) is 0 Å². The molecule has 7 nitrogen and oxygen atoms in total. The normalized spacial score (nSPS) is 10.6. The lowest BCUT2D eigenvalue weighted by atomic mass is 10.2. The molecule has 0 unspecified atom stereocenters. The molecule has 0 atom stereocenters. The summed E-state index contributed by atoms with van der Waals surface area (Å²) in [5, 5.41) is 7.28. The summed E-state index contributed by atoms with van der Waals surface area (Å²) in [6, 6.07) is 14.8. The largest absolute Gasteiger partial charge is 0.493 e. The van der Waals surface area contributed by atoms with E-state index in [2.05, 4.69) is 15.6 Å². The van der Waals surface area contributed by atoms with Gasteiger partial charge < -0.3 is 19.5 Å². The van der Waals surface area contributed by atoms with Crippen LogP contribution in [-0.2, 0) is 0 Å². The van der Waals surface area contributed by atoms with Crippen LogP contribution in [0.4, 0.5) is 5.69 Å². The number of aromatic nitrogens is 1. The Morgan fingerprint density at radius 3 is 2.22 bits per heavy atom. The number of fused-ring (bicyclic) bond motifs is 1. The summed E-state index contributed by atoms with van der Waals surface area (Å²) in [6.07, 6.45) is 1.63. The Morgan fingerprint density at radius 1 is 0.861 bits per heavy atom. The molecular formula is C25H18Cl3N3O4S. The van der Waals surface area contributed by atoms with Crippen LogP contribution in [0.1, 0.15) is 10.4 Å². The first-order chi connectivity index (χ1) is 17.3. The molecule has 1 heterocycles. The lowest BCUT2D eigenvalue weighted by Crippen LogP contribution is -2.34. The minimum absolute atomic E-state index is 0.0713. The van der Waals surface area contributed by atoms with Gasteiger partial charge in [-0.2, -0.15) is 0 Å². The molecule has 3 aromatic carbocycles. The number of methoxy groups -OCH3 is 2. The van der Waals surface area contributed by atoms with Gasteiger partial charge in [-0.25, -0.2) is 0 Å². The molecule has 36 heavy (non-hydrogen) atoms. The van der Waals surface area contributed by atoms with Crippen LogP contribution < -0.4 is 24.8 Å². The second kappa shape index (κ2) is 11.2. The molecule has 4 aromatic rings. The molecule has 2 N–H and O–H groups in total. The number of nitrogens with one attached hydrogen (secondary N) is 2. The molecule has 0 aliphatic heterocycles. The fourth-order valence-electron chi connectivity index (χ4n) is 3.34. The smallest absolute Gasteiger partial charge is 0.257 e. The third kappa shape index (κ3) is 5.91. The van der Waals surface area contributed by atoms with Crippen molar-refractivity contribution in [3.8, 4) is 23.0 Å². The summed E-state index contributed by atoms with van der Waals surface area (Å²) >= 11 is 23.6. The van der Waals surface area contributed by atoms with Gasteiger partial charge in [0.05, 0.1) is 24.8 Å². The van der Waals surface area contributed by atoms with E-state index in [0.29, 0.717) is 49.3 Å². The number of pyridine rings is 1. The predicted molar refractivity (Wildman–Crippen MR) is 147 cm³/mol. The Kier molecular flexibility index (Phi) is 8.01. The van der Waals surface area contributed by atoms with Gasteiger partial charge in [0, 0.05) is 38.9 Å². The molecule has 1 amide bonds. The SMILES string of the molecule is COc1cc2nccc(Oc3ccc(NC(=S)NC(=O)c4cc(Cl)cc(Cl)c4)cc3Cl)c2cc1OC. The second-order valence-electron chi connectivity index (χ2n) is 7.35. The van der Waals surface area contributed by atoms with E-state index in [4.69, 9.17) is 61.2 Å². The highest BCUT2D eigenvalue weighted by atomic mass is 35.5. The van der Waals surface area contributed by atoms with Crippen LogP contribution in [0.5, 0.6) is 23.0 Å². The third-order valence-corrected chi connectivity index (χ3v) is 5.90. The van der Waals surface area contributed by atoms with Gasteiger partial charge >= 0.3 is 0 Å². The van der Waals surface area contributed by atoms with Gasteiger partial charge in [0.15, 0.2) is 16.6 Å². The number of hydrogen-bond donors (Lipinski definition) is 2. The number of carbonyl (C=O) groups excluding carboxylic acids is 1. The Morgan fingerprint density at radius 2 is 1.56 bits per heavy atom. The van der Waals surface area contributed by atoms with Gasteiger partial charge in [-0.15, -0.1) is 0 Å². The van der Waals surface area contributed by atoms with E-state index in [1.165, 1.54) is 18.2 Å². The molecule has 184 valence electrons. The number of thiocarbonyl (C=S) groups is 1. The fourth-order valence-corrected chi connectivity index (χ4v) is 4.29. The van der Waals surface area contributed by atoms with Gasteiger partial charge in [-0.1, -0.05) is 34.8 Å². The molecule has 0 saturated carbocycles. The molecule has 0 aliphatic rings. The first kappa shape index (κ1) is 25.8. The quantitative estimate of drug-likeness (QED) is 0.242. The van der Waals surface area contributed by atoms with E-state index in [-0.39, 0.29) is 10.7 Å². The summed E-state index contributed by atoms with van der Waals surface area (Å²) in [5.41, 5.74) is 1.49. The number of carbonyl (C=O) groups is 1. The highest BCUT2D eigenvalue weighted by molar-refractivity contribution is 7.80. The average Bonchev–Trinajstić information content (AvgIpc) is 2.84. The number of ether oxygens (including phenoxy) is 3. The highest BCUT2D eigenvalue weighted by Crippen LogP contribution is 2.38. The predicted octanol–water partition coefficient (Wildman–Crippen LogP) is 7.13. The minimum Gasteiger partial charge on any atom is -0.493 e. The van der Waals surface area contributed by atoms with Crippen LogP contribution in [0.2, 0.25) is 15.1 Å². The lowest BCUT2D eigenvalue weighted by molar-refractivity contribution is 0.0977. The van der Waals surface area contributed by atoms with Crippen molar-refractivity contribution in [3.63, 3.8) is 0 Å². The zero-order valence-electron chi connectivity index (χ0n) is 18.9. The number of halogens is 3. The number of amides is 1.